The first-order chi connectivity index (χ1) is 20.5. The van der Waals surface area contributed by atoms with Crippen molar-refractivity contribution in [1.82, 2.24) is 10.5 Å². The van der Waals surface area contributed by atoms with Crippen molar-refractivity contribution in [3.8, 4) is 23.0 Å². The van der Waals surface area contributed by atoms with Gasteiger partial charge in [-0.1, -0.05) is 24.2 Å². The molecule has 3 aromatic rings. The molecule has 0 aliphatic carbocycles. The number of carbonyl (C=O) groups is 3. The van der Waals surface area contributed by atoms with Gasteiger partial charge in [0.25, 0.3) is 0 Å². The highest BCUT2D eigenvalue weighted by Gasteiger charge is 2.38. The summed E-state index contributed by atoms with van der Waals surface area (Å²) < 4.78 is 27.1. The molecule has 0 radical (unpaired) electrons. The average Bonchev–Trinajstić information content (AvgIpc) is 3.41. The molecule has 0 aliphatic heterocycles. The van der Waals surface area contributed by atoms with Crippen molar-refractivity contribution >= 4 is 29.2 Å². The molecule has 0 fully saturated rings. The van der Waals surface area contributed by atoms with Crippen LogP contribution in [0.2, 0.25) is 0 Å². The van der Waals surface area contributed by atoms with E-state index in [4.69, 9.17) is 23.5 Å². The topological polar surface area (TPSA) is 141 Å². The molecule has 232 valence electrons. The molecule has 0 unspecified atom stereocenters. The molecule has 0 saturated carbocycles. The first kappa shape index (κ1) is 32.8. The van der Waals surface area contributed by atoms with E-state index in [0.29, 0.717) is 40.7 Å². The van der Waals surface area contributed by atoms with Gasteiger partial charge in [0.15, 0.2) is 28.8 Å². The van der Waals surface area contributed by atoms with E-state index in [1.807, 2.05) is 20.8 Å². The third-order valence-electron chi connectivity index (χ3n) is 6.96. The number of rotatable bonds is 14. The van der Waals surface area contributed by atoms with Gasteiger partial charge in [-0.05, 0) is 45.4 Å². The summed E-state index contributed by atoms with van der Waals surface area (Å²) in [5, 5.41) is 9.45. The zero-order valence-electron chi connectivity index (χ0n) is 25.9. The van der Waals surface area contributed by atoms with Crippen molar-refractivity contribution in [2.45, 2.75) is 58.5 Å². The predicted molar refractivity (Wildman–Crippen MR) is 161 cm³/mol. The van der Waals surface area contributed by atoms with E-state index in [-0.39, 0.29) is 24.4 Å². The minimum atomic E-state index is -1.22. The van der Waals surface area contributed by atoms with Crippen molar-refractivity contribution in [3.05, 3.63) is 53.8 Å². The summed E-state index contributed by atoms with van der Waals surface area (Å²) in [4.78, 5) is 42.4. The molecule has 43 heavy (non-hydrogen) atoms. The number of nitrogens with zero attached hydrogens (tertiary/aromatic N) is 2. The minimum Gasteiger partial charge on any atom is -0.493 e. The summed E-state index contributed by atoms with van der Waals surface area (Å²) in [6.45, 7) is 7.44. The van der Waals surface area contributed by atoms with E-state index in [0.717, 1.165) is 0 Å². The first-order valence-corrected chi connectivity index (χ1v) is 13.8. The Morgan fingerprint density at radius 3 is 2.21 bits per heavy atom. The van der Waals surface area contributed by atoms with E-state index < -0.39 is 29.3 Å². The fourth-order valence-electron chi connectivity index (χ4n) is 4.40. The van der Waals surface area contributed by atoms with Crippen LogP contribution in [-0.4, -0.2) is 56.9 Å². The van der Waals surface area contributed by atoms with Gasteiger partial charge in [-0.3, -0.25) is 19.3 Å². The van der Waals surface area contributed by atoms with Gasteiger partial charge >= 0.3 is 0 Å². The molecule has 1 aromatic heterocycles. The normalized spacial score (nSPS) is 11.7. The third-order valence-corrected chi connectivity index (χ3v) is 6.96. The van der Waals surface area contributed by atoms with E-state index in [2.05, 4.69) is 15.8 Å². The Morgan fingerprint density at radius 1 is 0.930 bits per heavy atom. The number of carbonyl (C=O) groups excluding carboxylic acids is 3. The molecule has 2 N–H and O–H groups in total. The Labute approximate surface area is 251 Å². The second-order valence-electron chi connectivity index (χ2n) is 10.4. The molecule has 3 rings (SSSR count). The highest BCUT2D eigenvalue weighted by molar-refractivity contribution is 6.03. The second kappa shape index (κ2) is 14.4. The van der Waals surface area contributed by atoms with Crippen molar-refractivity contribution in [2.75, 3.05) is 38.7 Å². The van der Waals surface area contributed by atoms with Crippen molar-refractivity contribution in [3.63, 3.8) is 0 Å². The number of hydrogen-bond acceptors (Lipinski definition) is 9. The van der Waals surface area contributed by atoms with E-state index in [1.54, 1.807) is 49.4 Å². The fourth-order valence-corrected chi connectivity index (χ4v) is 4.40. The van der Waals surface area contributed by atoms with Gasteiger partial charge < -0.3 is 34.1 Å². The Balaban J connectivity index is 2.15. The number of hydrogen-bond donors (Lipinski definition) is 2. The molecule has 3 amide bonds. The Hall–Kier alpha value is -4.74. The first-order valence-electron chi connectivity index (χ1n) is 13.8. The van der Waals surface area contributed by atoms with Gasteiger partial charge in [0.05, 0.1) is 28.4 Å². The molecule has 12 heteroatoms. The van der Waals surface area contributed by atoms with Crippen molar-refractivity contribution in [1.29, 1.82) is 0 Å². The molecule has 12 nitrogen and oxygen atoms in total. The number of aryl methyl sites for hydroxylation is 1. The van der Waals surface area contributed by atoms with Crippen LogP contribution in [0.1, 0.15) is 57.4 Å². The third kappa shape index (κ3) is 7.97. The van der Waals surface area contributed by atoms with E-state index in [1.165, 1.54) is 33.3 Å². The zero-order chi connectivity index (χ0) is 31.7. The molecule has 0 saturated heterocycles. The quantitative estimate of drug-likeness (QED) is 0.268. The summed E-state index contributed by atoms with van der Waals surface area (Å²) in [5.41, 5.74) is 0.134. The summed E-state index contributed by atoms with van der Waals surface area (Å²) in [6, 6.07) is 10.4. The number of benzene rings is 2. The Kier molecular flexibility index (Phi) is 11.0. The summed E-state index contributed by atoms with van der Waals surface area (Å²) in [5.74, 6) is 0.832. The van der Waals surface area contributed by atoms with E-state index >= 15 is 0 Å². The maximum atomic E-state index is 14.2. The predicted octanol–water partition coefficient (Wildman–Crippen LogP) is 4.82. The monoisotopic (exact) mass is 596 g/mol. The van der Waals surface area contributed by atoms with Crippen LogP contribution in [0.25, 0.3) is 0 Å². The standard InChI is InChI=1S/C31H40N4O8/c1-9-31(3,4)33-30(38)28(21-11-10-12-23(40-6)29(21)42-8)35(20-13-14-22(39-5)24(18-20)41-7)27(37)16-15-26(36)32-25-17-19(2)43-34-25/h10-14,17-18,28H,9,15-16H2,1-8H3,(H,33,38)(H,32,34,36)/t28-/m0/s1. The van der Waals surface area contributed by atoms with Gasteiger partial charge in [0.1, 0.15) is 11.8 Å². The highest BCUT2D eigenvalue weighted by atomic mass is 16.5. The molecule has 0 aliphatic rings. The molecule has 0 spiro atoms. The summed E-state index contributed by atoms with van der Waals surface area (Å²) >= 11 is 0. The van der Waals surface area contributed by atoms with Crippen LogP contribution in [-0.2, 0) is 14.4 Å². The van der Waals surface area contributed by atoms with Crippen molar-refractivity contribution < 1.29 is 37.9 Å². The molecule has 1 heterocycles. The van der Waals surface area contributed by atoms with Gasteiger partial charge in [0, 0.05) is 41.8 Å². The molecule has 1 atom stereocenters. The summed E-state index contributed by atoms with van der Waals surface area (Å²) in [6.07, 6.45) is 0.218. The number of anilines is 2. The largest absolute Gasteiger partial charge is 0.493 e. The lowest BCUT2D eigenvalue weighted by Crippen LogP contribution is -2.50. The smallest absolute Gasteiger partial charge is 0.248 e. The maximum absolute atomic E-state index is 14.2. The van der Waals surface area contributed by atoms with E-state index in [9.17, 15) is 14.4 Å². The summed E-state index contributed by atoms with van der Waals surface area (Å²) in [7, 11) is 5.93. The number of amides is 3. The SMILES string of the molecule is CCC(C)(C)NC(=O)[C@H](c1cccc(OC)c1OC)N(C(=O)CCC(=O)Nc1cc(C)on1)c1ccc(OC)c(OC)c1. The molecule has 0 bridgehead atoms. The minimum absolute atomic E-state index is 0.182. The molecular formula is C31H40N4O8. The number of aromatic nitrogens is 1. The Morgan fingerprint density at radius 2 is 1.63 bits per heavy atom. The second-order valence-corrected chi connectivity index (χ2v) is 10.4. The molecular weight excluding hydrogens is 556 g/mol. The van der Waals surface area contributed by atoms with Gasteiger partial charge in [0.2, 0.25) is 17.7 Å². The highest BCUT2D eigenvalue weighted by Crippen LogP contribution is 2.41. The number of methoxy groups -OCH3 is 4. The van der Waals surface area contributed by atoms with Crippen LogP contribution in [0.4, 0.5) is 11.5 Å². The van der Waals surface area contributed by atoms with Crippen LogP contribution in [0.15, 0.2) is 47.0 Å². The Bertz CT molecular complexity index is 1430. The van der Waals surface area contributed by atoms with Crippen LogP contribution in [0.5, 0.6) is 23.0 Å². The van der Waals surface area contributed by atoms with Crippen LogP contribution in [0.3, 0.4) is 0 Å². The van der Waals surface area contributed by atoms with Crippen LogP contribution < -0.4 is 34.5 Å². The van der Waals surface area contributed by atoms with Gasteiger partial charge in [-0.2, -0.15) is 0 Å². The van der Waals surface area contributed by atoms with Crippen LogP contribution >= 0.6 is 0 Å². The van der Waals surface area contributed by atoms with Gasteiger partial charge in [-0.15, -0.1) is 0 Å². The maximum Gasteiger partial charge on any atom is 0.248 e. The average molecular weight is 597 g/mol. The number of para-hydroxylation sites is 1. The fraction of sp³-hybridized carbons (Fsp3) is 0.419. The number of ether oxygens (including phenoxy) is 4. The van der Waals surface area contributed by atoms with Crippen molar-refractivity contribution in [2.24, 2.45) is 0 Å². The lowest BCUT2D eigenvalue weighted by Gasteiger charge is -2.35. The van der Waals surface area contributed by atoms with Gasteiger partial charge in [-0.25, -0.2) is 0 Å². The lowest BCUT2D eigenvalue weighted by atomic mass is 9.97. The lowest BCUT2D eigenvalue weighted by molar-refractivity contribution is -0.128. The molecule has 2 aromatic carbocycles. The number of nitrogens with one attached hydrogen (secondary N) is 2. The van der Waals surface area contributed by atoms with Crippen LogP contribution in [0, 0.1) is 6.92 Å². The zero-order valence-corrected chi connectivity index (χ0v) is 25.9.